The highest BCUT2D eigenvalue weighted by molar-refractivity contribution is 5.38. The molecule has 3 heteroatoms. The molecule has 0 heterocycles. The zero-order chi connectivity index (χ0) is 10.9. The smallest absolute Gasteiger partial charge is 0.166 e. The maximum Gasteiger partial charge on any atom is 0.416 e. The van der Waals surface area contributed by atoms with Gasteiger partial charge in [-0.05, 0) is 30.0 Å². The Bertz CT molecular complexity index is 324. The van der Waals surface area contributed by atoms with Crippen molar-refractivity contribution in [3.05, 3.63) is 40.8 Å². The largest absolute Gasteiger partial charge is 0.416 e. The molecule has 0 bridgehead atoms. The van der Waals surface area contributed by atoms with Crippen molar-refractivity contribution in [2.75, 3.05) is 0 Å². The van der Waals surface area contributed by atoms with Crippen LogP contribution in [0.25, 0.3) is 0 Å². The lowest BCUT2D eigenvalue weighted by Gasteiger charge is -2.13. The quantitative estimate of drug-likeness (QED) is 0.644. The molecule has 0 saturated carbocycles. The zero-order valence-electron chi connectivity index (χ0n) is 8.37. The summed E-state index contributed by atoms with van der Waals surface area (Å²) in [7, 11) is 0. The van der Waals surface area contributed by atoms with Crippen LogP contribution in [0, 0.1) is 12.8 Å². The van der Waals surface area contributed by atoms with Crippen LogP contribution in [-0.4, -0.2) is 0 Å². The van der Waals surface area contributed by atoms with Crippen molar-refractivity contribution < 1.29 is 13.2 Å². The van der Waals surface area contributed by atoms with Crippen molar-refractivity contribution in [3.8, 4) is 0 Å². The summed E-state index contributed by atoms with van der Waals surface area (Å²) >= 11 is 0. The number of hydrogen-bond acceptors (Lipinski definition) is 0. The number of aryl methyl sites for hydroxylation is 1. The Morgan fingerprint density at radius 2 is 1.71 bits per heavy atom. The van der Waals surface area contributed by atoms with Gasteiger partial charge in [0.15, 0.2) is 0 Å². The number of hydrogen-bond donors (Lipinski definition) is 0. The Morgan fingerprint density at radius 1 is 1.14 bits per heavy atom. The van der Waals surface area contributed by atoms with Gasteiger partial charge >= 0.3 is 6.18 Å². The Balaban J connectivity index is 3.22. The summed E-state index contributed by atoms with van der Waals surface area (Å²) in [6, 6.07) is 4.41. The van der Waals surface area contributed by atoms with E-state index in [1.807, 2.05) is 0 Å². The molecule has 14 heavy (non-hydrogen) atoms. The Hall–Kier alpha value is -0.990. The first kappa shape index (κ1) is 11.1. The van der Waals surface area contributed by atoms with Crippen molar-refractivity contribution in [2.24, 2.45) is 0 Å². The molecule has 0 unspecified atom stereocenters. The minimum absolute atomic E-state index is 0.266. The van der Waals surface area contributed by atoms with E-state index in [0.29, 0.717) is 5.56 Å². The molecule has 0 spiro atoms. The minimum Gasteiger partial charge on any atom is -0.166 e. The van der Waals surface area contributed by atoms with Gasteiger partial charge in [-0.25, -0.2) is 0 Å². The average Bonchev–Trinajstić information content (AvgIpc) is 2.02. The van der Waals surface area contributed by atoms with Crippen molar-refractivity contribution in [1.29, 1.82) is 0 Å². The summed E-state index contributed by atoms with van der Waals surface area (Å²) in [6.45, 7) is 5.06. The zero-order valence-corrected chi connectivity index (χ0v) is 8.37. The summed E-state index contributed by atoms with van der Waals surface area (Å²) in [5, 5.41) is 0. The van der Waals surface area contributed by atoms with E-state index >= 15 is 0 Å². The van der Waals surface area contributed by atoms with E-state index in [4.69, 9.17) is 0 Å². The molecule has 0 aliphatic rings. The third-order valence-corrected chi connectivity index (χ3v) is 2.12. The highest BCUT2D eigenvalue weighted by Crippen LogP contribution is 2.33. The van der Waals surface area contributed by atoms with Crippen LogP contribution in [0.3, 0.4) is 0 Å². The SMILES string of the molecule is C[C](C)c1ccc(C)c(C(F)(F)F)c1. The van der Waals surface area contributed by atoms with Gasteiger partial charge in [0.1, 0.15) is 0 Å². The van der Waals surface area contributed by atoms with Crippen molar-refractivity contribution in [1.82, 2.24) is 0 Å². The maximum absolute atomic E-state index is 12.5. The summed E-state index contributed by atoms with van der Waals surface area (Å²) in [5.41, 5.74) is 0.363. The summed E-state index contributed by atoms with van der Waals surface area (Å²) < 4.78 is 37.4. The molecule has 1 rings (SSSR count). The highest BCUT2D eigenvalue weighted by atomic mass is 19.4. The summed E-state index contributed by atoms with van der Waals surface area (Å²) in [5.74, 6) is 0.885. The second-order valence-electron chi connectivity index (χ2n) is 3.53. The van der Waals surface area contributed by atoms with Gasteiger partial charge in [0, 0.05) is 0 Å². The van der Waals surface area contributed by atoms with Crippen molar-refractivity contribution >= 4 is 0 Å². The third kappa shape index (κ3) is 2.28. The molecule has 0 N–H and O–H groups in total. The first-order chi connectivity index (χ1) is 6.32. The summed E-state index contributed by atoms with van der Waals surface area (Å²) in [6.07, 6.45) is -4.25. The second kappa shape index (κ2) is 3.64. The first-order valence-electron chi connectivity index (χ1n) is 4.30. The van der Waals surface area contributed by atoms with Gasteiger partial charge in [-0.1, -0.05) is 26.0 Å². The predicted molar refractivity (Wildman–Crippen MR) is 49.9 cm³/mol. The van der Waals surface area contributed by atoms with Gasteiger partial charge in [0.25, 0.3) is 0 Å². The standard InChI is InChI=1S/C11H12F3/c1-7(2)9-5-4-8(3)10(6-9)11(12,13)14/h4-6H,1-3H3. The molecular weight excluding hydrogens is 189 g/mol. The molecule has 77 valence electrons. The van der Waals surface area contributed by atoms with Crippen LogP contribution in [0.2, 0.25) is 0 Å². The third-order valence-electron chi connectivity index (χ3n) is 2.12. The van der Waals surface area contributed by atoms with Gasteiger partial charge in [-0.2, -0.15) is 13.2 Å². The molecule has 0 saturated heterocycles. The van der Waals surface area contributed by atoms with Crippen LogP contribution < -0.4 is 0 Å². The van der Waals surface area contributed by atoms with Gasteiger partial charge in [-0.3, -0.25) is 0 Å². The van der Waals surface area contributed by atoms with Crippen molar-refractivity contribution in [3.63, 3.8) is 0 Å². The first-order valence-corrected chi connectivity index (χ1v) is 4.30. The Kier molecular flexibility index (Phi) is 2.88. The molecular formula is C11H12F3. The van der Waals surface area contributed by atoms with Gasteiger partial charge < -0.3 is 0 Å². The van der Waals surface area contributed by atoms with E-state index in [9.17, 15) is 13.2 Å². The van der Waals surface area contributed by atoms with E-state index in [0.717, 1.165) is 5.92 Å². The topological polar surface area (TPSA) is 0 Å². The van der Waals surface area contributed by atoms with Crippen LogP contribution in [0.1, 0.15) is 30.5 Å². The fraction of sp³-hybridized carbons (Fsp3) is 0.364. The molecule has 1 aromatic rings. The summed E-state index contributed by atoms with van der Waals surface area (Å²) in [4.78, 5) is 0. The van der Waals surface area contributed by atoms with E-state index in [-0.39, 0.29) is 5.56 Å². The molecule has 1 aromatic carbocycles. The molecule has 0 atom stereocenters. The number of benzene rings is 1. The fourth-order valence-corrected chi connectivity index (χ4v) is 1.24. The normalized spacial score (nSPS) is 12.2. The molecule has 0 fully saturated rings. The maximum atomic E-state index is 12.5. The monoisotopic (exact) mass is 201 g/mol. The minimum atomic E-state index is -4.25. The van der Waals surface area contributed by atoms with E-state index in [1.54, 1.807) is 19.9 Å². The van der Waals surface area contributed by atoms with Crippen LogP contribution in [0.5, 0.6) is 0 Å². The molecule has 0 aliphatic carbocycles. The average molecular weight is 201 g/mol. The van der Waals surface area contributed by atoms with E-state index in [1.165, 1.54) is 19.1 Å². The molecule has 0 aromatic heterocycles. The van der Waals surface area contributed by atoms with Crippen molar-refractivity contribution in [2.45, 2.75) is 26.9 Å². The number of alkyl halides is 3. The van der Waals surface area contributed by atoms with Gasteiger partial charge in [-0.15, -0.1) is 0 Å². The lowest BCUT2D eigenvalue weighted by molar-refractivity contribution is -0.138. The van der Waals surface area contributed by atoms with Crippen LogP contribution >= 0.6 is 0 Å². The van der Waals surface area contributed by atoms with E-state index < -0.39 is 11.7 Å². The predicted octanol–water partition coefficient (Wildman–Crippen LogP) is 3.98. The van der Waals surface area contributed by atoms with E-state index in [2.05, 4.69) is 0 Å². The molecule has 0 nitrogen and oxygen atoms in total. The molecule has 1 radical (unpaired) electrons. The van der Waals surface area contributed by atoms with Crippen LogP contribution in [0.4, 0.5) is 13.2 Å². The highest BCUT2D eigenvalue weighted by Gasteiger charge is 2.32. The number of rotatable bonds is 1. The van der Waals surface area contributed by atoms with Gasteiger partial charge in [0.2, 0.25) is 0 Å². The molecule has 0 aliphatic heterocycles. The second-order valence-corrected chi connectivity index (χ2v) is 3.53. The lowest BCUT2D eigenvalue weighted by atomic mass is 9.98. The van der Waals surface area contributed by atoms with Crippen LogP contribution in [-0.2, 0) is 6.18 Å². The molecule has 0 amide bonds. The Morgan fingerprint density at radius 3 is 2.14 bits per heavy atom. The van der Waals surface area contributed by atoms with Crippen LogP contribution in [0.15, 0.2) is 18.2 Å². The Labute approximate surface area is 81.8 Å². The number of halogens is 3. The van der Waals surface area contributed by atoms with Gasteiger partial charge in [0.05, 0.1) is 5.56 Å². The fourth-order valence-electron chi connectivity index (χ4n) is 1.24. The lowest BCUT2D eigenvalue weighted by Crippen LogP contribution is -2.08.